The Morgan fingerprint density at radius 2 is 1.94 bits per heavy atom. The molecule has 0 unspecified atom stereocenters. The minimum Gasteiger partial charge on any atom is -0.476 e. The third kappa shape index (κ3) is 4.36. The first kappa shape index (κ1) is 13.4. The fraction of sp³-hybridized carbons (Fsp3) is 0.545. The fourth-order valence-corrected chi connectivity index (χ4v) is 1.37. The van der Waals surface area contributed by atoms with Gasteiger partial charge in [0.1, 0.15) is 5.82 Å². The first-order chi connectivity index (χ1) is 8.00. The van der Waals surface area contributed by atoms with E-state index in [1.54, 1.807) is 0 Å². The Morgan fingerprint density at radius 1 is 1.24 bits per heavy atom. The predicted octanol–water partition coefficient (Wildman–Crippen LogP) is 0.563. The third-order valence-electron chi connectivity index (χ3n) is 2.35. The van der Waals surface area contributed by atoms with E-state index < -0.39 is 5.97 Å². The summed E-state index contributed by atoms with van der Waals surface area (Å²) in [6.07, 6.45) is 3.78. The molecule has 0 atom stereocenters. The van der Waals surface area contributed by atoms with Crippen molar-refractivity contribution in [2.24, 2.45) is 0 Å². The van der Waals surface area contributed by atoms with Crippen molar-refractivity contribution in [3.8, 4) is 0 Å². The van der Waals surface area contributed by atoms with Crippen LogP contribution in [0.1, 0.15) is 16.9 Å². The topological polar surface area (TPSA) is 69.6 Å². The Labute approximate surface area is 101 Å². The molecular formula is C11H18N4O2. The summed E-state index contributed by atoms with van der Waals surface area (Å²) in [4.78, 5) is 22.6. The Balaban J connectivity index is 2.51. The van der Waals surface area contributed by atoms with Gasteiger partial charge >= 0.3 is 5.97 Å². The molecule has 1 aromatic heterocycles. The van der Waals surface area contributed by atoms with Crippen molar-refractivity contribution in [3.05, 3.63) is 18.1 Å². The molecule has 1 heterocycles. The molecule has 0 fully saturated rings. The second-order valence-electron chi connectivity index (χ2n) is 4.14. The zero-order valence-corrected chi connectivity index (χ0v) is 10.4. The van der Waals surface area contributed by atoms with Crippen molar-refractivity contribution in [3.63, 3.8) is 0 Å². The summed E-state index contributed by atoms with van der Waals surface area (Å²) in [5, 5.41) is 8.70. The van der Waals surface area contributed by atoms with Crippen LogP contribution in [0.4, 0.5) is 5.82 Å². The van der Waals surface area contributed by atoms with Gasteiger partial charge in [-0.05, 0) is 27.1 Å². The molecule has 0 radical (unpaired) electrons. The standard InChI is InChI=1S/C11H18N4O2/c1-14(2)5-4-6-15(3)10-8-12-9(7-13-10)11(16)17/h7-8H,4-6H2,1-3H3,(H,16,17). The van der Waals surface area contributed by atoms with Crippen LogP contribution in [0.3, 0.4) is 0 Å². The van der Waals surface area contributed by atoms with Gasteiger partial charge in [0, 0.05) is 13.6 Å². The first-order valence-electron chi connectivity index (χ1n) is 5.42. The second kappa shape index (κ2) is 6.15. The van der Waals surface area contributed by atoms with Crippen molar-refractivity contribution in [1.82, 2.24) is 14.9 Å². The molecule has 94 valence electrons. The summed E-state index contributed by atoms with van der Waals surface area (Å²) < 4.78 is 0. The number of nitrogens with zero attached hydrogens (tertiary/aromatic N) is 4. The lowest BCUT2D eigenvalue weighted by Crippen LogP contribution is -2.24. The first-order valence-corrected chi connectivity index (χ1v) is 5.42. The molecule has 0 saturated heterocycles. The largest absolute Gasteiger partial charge is 0.476 e. The summed E-state index contributed by atoms with van der Waals surface area (Å²) in [7, 11) is 5.98. The van der Waals surface area contributed by atoms with Crippen molar-refractivity contribution < 1.29 is 9.90 Å². The highest BCUT2D eigenvalue weighted by Gasteiger charge is 2.07. The van der Waals surface area contributed by atoms with E-state index in [2.05, 4.69) is 14.9 Å². The number of aromatic nitrogens is 2. The predicted molar refractivity (Wildman–Crippen MR) is 65.4 cm³/mol. The molecule has 1 N–H and O–H groups in total. The van der Waals surface area contributed by atoms with Crippen LogP contribution in [-0.4, -0.2) is 60.2 Å². The summed E-state index contributed by atoms with van der Waals surface area (Å²) in [5.41, 5.74) is -0.0320. The summed E-state index contributed by atoms with van der Waals surface area (Å²) in [6, 6.07) is 0. The van der Waals surface area contributed by atoms with Crippen LogP contribution in [0.15, 0.2) is 12.4 Å². The average molecular weight is 238 g/mol. The maximum absolute atomic E-state index is 10.6. The highest BCUT2D eigenvalue weighted by atomic mass is 16.4. The summed E-state index contributed by atoms with van der Waals surface area (Å²) >= 11 is 0. The van der Waals surface area contributed by atoms with Gasteiger partial charge in [0.15, 0.2) is 5.69 Å². The number of carboxylic acid groups (broad SMARTS) is 1. The molecule has 17 heavy (non-hydrogen) atoms. The van der Waals surface area contributed by atoms with E-state index in [1.165, 1.54) is 12.4 Å². The Bertz CT molecular complexity index is 364. The van der Waals surface area contributed by atoms with E-state index in [0.717, 1.165) is 19.5 Å². The minimum atomic E-state index is -1.06. The molecule has 1 aromatic rings. The highest BCUT2D eigenvalue weighted by Crippen LogP contribution is 2.07. The average Bonchev–Trinajstić information content (AvgIpc) is 2.28. The van der Waals surface area contributed by atoms with Crippen molar-refractivity contribution in [2.75, 3.05) is 39.1 Å². The molecule has 0 aliphatic heterocycles. The lowest BCUT2D eigenvalue weighted by atomic mass is 10.3. The minimum absolute atomic E-state index is 0.0320. The van der Waals surface area contributed by atoms with Crippen molar-refractivity contribution in [1.29, 1.82) is 0 Å². The molecule has 6 heteroatoms. The summed E-state index contributed by atoms with van der Waals surface area (Å²) in [6.45, 7) is 1.87. The van der Waals surface area contributed by atoms with E-state index in [-0.39, 0.29) is 5.69 Å². The molecule has 0 aromatic carbocycles. The number of carboxylic acids is 1. The maximum Gasteiger partial charge on any atom is 0.356 e. The monoisotopic (exact) mass is 238 g/mol. The van der Waals surface area contributed by atoms with Gasteiger partial charge in [-0.15, -0.1) is 0 Å². The smallest absolute Gasteiger partial charge is 0.356 e. The van der Waals surface area contributed by atoms with Crippen molar-refractivity contribution >= 4 is 11.8 Å². The summed E-state index contributed by atoms with van der Waals surface area (Å²) in [5.74, 6) is -0.368. The quantitative estimate of drug-likeness (QED) is 0.781. The van der Waals surface area contributed by atoms with Crippen LogP contribution >= 0.6 is 0 Å². The van der Waals surface area contributed by atoms with Gasteiger partial charge < -0.3 is 14.9 Å². The molecule has 0 aliphatic rings. The number of hydrogen-bond acceptors (Lipinski definition) is 5. The normalized spacial score (nSPS) is 10.6. The SMILES string of the molecule is CN(C)CCCN(C)c1cnc(C(=O)O)cn1. The van der Waals surface area contributed by atoms with Crippen LogP contribution < -0.4 is 4.90 Å². The number of hydrogen-bond donors (Lipinski definition) is 1. The van der Waals surface area contributed by atoms with Crippen LogP contribution in [0.5, 0.6) is 0 Å². The zero-order chi connectivity index (χ0) is 12.8. The van der Waals surface area contributed by atoms with Gasteiger partial charge in [-0.2, -0.15) is 0 Å². The van der Waals surface area contributed by atoms with E-state index in [9.17, 15) is 4.79 Å². The fourth-order valence-electron chi connectivity index (χ4n) is 1.37. The molecule has 0 spiro atoms. The molecule has 0 amide bonds. The highest BCUT2D eigenvalue weighted by molar-refractivity contribution is 5.84. The van der Waals surface area contributed by atoms with Gasteiger partial charge in [-0.1, -0.05) is 0 Å². The van der Waals surface area contributed by atoms with E-state index in [0.29, 0.717) is 5.82 Å². The molecule has 0 aliphatic carbocycles. The molecule has 6 nitrogen and oxygen atoms in total. The van der Waals surface area contributed by atoms with E-state index in [4.69, 9.17) is 5.11 Å². The maximum atomic E-state index is 10.6. The number of rotatable bonds is 6. The molecule has 1 rings (SSSR count). The number of aromatic carboxylic acids is 1. The Morgan fingerprint density at radius 3 is 2.41 bits per heavy atom. The van der Waals surface area contributed by atoms with Gasteiger partial charge in [-0.25, -0.2) is 14.8 Å². The van der Waals surface area contributed by atoms with E-state index >= 15 is 0 Å². The van der Waals surface area contributed by atoms with Crippen LogP contribution in [0.2, 0.25) is 0 Å². The zero-order valence-electron chi connectivity index (χ0n) is 10.4. The van der Waals surface area contributed by atoms with Gasteiger partial charge in [-0.3, -0.25) is 0 Å². The molecule has 0 bridgehead atoms. The van der Waals surface area contributed by atoms with Crippen molar-refractivity contribution in [2.45, 2.75) is 6.42 Å². The second-order valence-corrected chi connectivity index (χ2v) is 4.14. The number of anilines is 1. The number of carbonyl (C=O) groups is 1. The lowest BCUT2D eigenvalue weighted by molar-refractivity contribution is 0.0690. The van der Waals surface area contributed by atoms with E-state index in [1.807, 2.05) is 26.0 Å². The van der Waals surface area contributed by atoms with Crippen LogP contribution in [-0.2, 0) is 0 Å². The molecular weight excluding hydrogens is 220 g/mol. The Kier molecular flexibility index (Phi) is 4.84. The van der Waals surface area contributed by atoms with Crippen LogP contribution in [0.25, 0.3) is 0 Å². The third-order valence-corrected chi connectivity index (χ3v) is 2.35. The lowest BCUT2D eigenvalue weighted by Gasteiger charge is -2.18. The van der Waals surface area contributed by atoms with Gasteiger partial charge in [0.05, 0.1) is 12.4 Å². The Hall–Kier alpha value is -1.69. The van der Waals surface area contributed by atoms with Gasteiger partial charge in [0.25, 0.3) is 0 Å². The van der Waals surface area contributed by atoms with Crippen LogP contribution in [0, 0.1) is 0 Å². The van der Waals surface area contributed by atoms with Gasteiger partial charge in [0.2, 0.25) is 0 Å². The molecule has 0 saturated carbocycles.